The summed E-state index contributed by atoms with van der Waals surface area (Å²) in [6, 6.07) is 31.3. The van der Waals surface area contributed by atoms with Crippen molar-refractivity contribution in [3.05, 3.63) is 131 Å². The summed E-state index contributed by atoms with van der Waals surface area (Å²) < 4.78 is 32.3. The van der Waals surface area contributed by atoms with Gasteiger partial charge in [0.2, 0.25) is 10.0 Å². The highest BCUT2D eigenvalue weighted by molar-refractivity contribution is 7.92. The van der Waals surface area contributed by atoms with Crippen LogP contribution in [0.5, 0.6) is 5.75 Å². The van der Waals surface area contributed by atoms with Gasteiger partial charge in [-0.15, -0.1) is 0 Å². The molecule has 0 aliphatic rings. The molecule has 0 heterocycles. The van der Waals surface area contributed by atoms with Crippen LogP contribution < -0.4 is 14.5 Å². The third-order valence-electron chi connectivity index (χ3n) is 5.92. The Balaban J connectivity index is 1.41. The molecule has 38 heavy (non-hydrogen) atoms. The average Bonchev–Trinajstić information content (AvgIpc) is 2.92. The van der Waals surface area contributed by atoms with Crippen molar-refractivity contribution in [2.24, 2.45) is 5.10 Å². The smallest absolute Gasteiger partial charge is 0.271 e. The van der Waals surface area contributed by atoms with Gasteiger partial charge in [-0.05, 0) is 60.0 Å². The van der Waals surface area contributed by atoms with Gasteiger partial charge in [0.15, 0.2) is 0 Å². The standard InChI is InChI=1S/C30H29N3O4S/c1-23-10-6-7-14-27(23)21-33(38(2,35)36)28-18-16-25(17-19-28)30(34)32-31-20-26-13-8-9-15-29(26)37-22-24-11-4-3-5-12-24/h3-20H,21-22H2,1-2H3,(H,32,34)/b31-20-. The fraction of sp³-hybridized carbons (Fsp3) is 0.133. The maximum Gasteiger partial charge on any atom is 0.271 e. The van der Waals surface area contributed by atoms with Crippen LogP contribution in [0.1, 0.15) is 32.6 Å². The highest BCUT2D eigenvalue weighted by Gasteiger charge is 2.19. The van der Waals surface area contributed by atoms with Gasteiger partial charge >= 0.3 is 0 Å². The minimum Gasteiger partial charge on any atom is -0.488 e. The Hall–Kier alpha value is -4.43. The molecule has 0 bridgehead atoms. The van der Waals surface area contributed by atoms with Crippen molar-refractivity contribution < 1.29 is 17.9 Å². The summed E-state index contributed by atoms with van der Waals surface area (Å²) in [7, 11) is -3.54. The second kappa shape index (κ2) is 12.2. The first-order chi connectivity index (χ1) is 18.3. The number of carbonyl (C=O) groups excluding carboxylic acids is 1. The molecule has 0 spiro atoms. The van der Waals surface area contributed by atoms with Gasteiger partial charge in [0, 0.05) is 11.1 Å². The van der Waals surface area contributed by atoms with Crippen molar-refractivity contribution in [1.29, 1.82) is 0 Å². The van der Waals surface area contributed by atoms with Crippen LogP contribution in [0.15, 0.2) is 108 Å². The molecular weight excluding hydrogens is 498 g/mol. The largest absolute Gasteiger partial charge is 0.488 e. The Labute approximate surface area is 223 Å². The van der Waals surface area contributed by atoms with Gasteiger partial charge in [0.05, 0.1) is 24.7 Å². The predicted octanol–water partition coefficient (Wildman–Crippen LogP) is 5.30. The van der Waals surface area contributed by atoms with Crippen LogP contribution >= 0.6 is 0 Å². The van der Waals surface area contributed by atoms with Crippen LogP contribution in [-0.2, 0) is 23.2 Å². The van der Waals surface area contributed by atoms with Gasteiger partial charge in [-0.1, -0.05) is 66.7 Å². The summed E-state index contributed by atoms with van der Waals surface area (Å²) >= 11 is 0. The summed E-state index contributed by atoms with van der Waals surface area (Å²) in [4.78, 5) is 12.7. The van der Waals surface area contributed by atoms with E-state index < -0.39 is 15.9 Å². The summed E-state index contributed by atoms with van der Waals surface area (Å²) in [5.41, 5.74) is 7.01. The molecule has 4 rings (SSSR count). The lowest BCUT2D eigenvalue weighted by Crippen LogP contribution is -2.29. The lowest BCUT2D eigenvalue weighted by atomic mass is 10.1. The Bertz CT molecular complexity index is 1520. The van der Waals surface area contributed by atoms with E-state index in [0.717, 1.165) is 22.3 Å². The molecule has 8 heteroatoms. The fourth-order valence-corrected chi connectivity index (χ4v) is 4.68. The van der Waals surface area contributed by atoms with Crippen LogP contribution in [0.2, 0.25) is 0 Å². The molecule has 0 atom stereocenters. The lowest BCUT2D eigenvalue weighted by Gasteiger charge is -2.23. The number of amides is 1. The van der Waals surface area contributed by atoms with Gasteiger partial charge in [-0.2, -0.15) is 5.10 Å². The normalized spacial score (nSPS) is 11.3. The zero-order valence-electron chi connectivity index (χ0n) is 21.2. The molecule has 4 aromatic rings. The molecular formula is C30H29N3O4S. The number of para-hydroxylation sites is 1. The number of ether oxygens (including phenoxy) is 1. The Kier molecular flexibility index (Phi) is 8.55. The lowest BCUT2D eigenvalue weighted by molar-refractivity contribution is 0.0955. The Morgan fingerprint density at radius 3 is 2.26 bits per heavy atom. The minimum absolute atomic E-state index is 0.201. The summed E-state index contributed by atoms with van der Waals surface area (Å²) in [5.74, 6) is 0.230. The van der Waals surface area contributed by atoms with Crippen molar-refractivity contribution in [3.8, 4) is 5.75 Å². The predicted molar refractivity (Wildman–Crippen MR) is 151 cm³/mol. The molecule has 0 saturated carbocycles. The number of aryl methyl sites for hydroxylation is 1. The number of rotatable bonds is 10. The number of hydrogen-bond donors (Lipinski definition) is 1. The van der Waals surface area contributed by atoms with Gasteiger partial charge in [0.1, 0.15) is 12.4 Å². The summed E-state index contributed by atoms with van der Waals surface area (Å²) in [6.07, 6.45) is 2.70. The number of nitrogens with one attached hydrogen (secondary N) is 1. The van der Waals surface area contributed by atoms with E-state index in [1.807, 2.05) is 85.8 Å². The monoisotopic (exact) mass is 527 g/mol. The molecule has 194 valence electrons. The zero-order valence-corrected chi connectivity index (χ0v) is 22.1. The number of benzene rings is 4. The first-order valence-corrected chi connectivity index (χ1v) is 13.9. The summed E-state index contributed by atoms with van der Waals surface area (Å²) in [6.45, 7) is 2.56. The van der Waals surface area contributed by atoms with Gasteiger partial charge in [0.25, 0.3) is 5.91 Å². The highest BCUT2D eigenvalue weighted by atomic mass is 32.2. The molecule has 7 nitrogen and oxygen atoms in total. The summed E-state index contributed by atoms with van der Waals surface area (Å²) in [5, 5.41) is 4.09. The molecule has 0 aromatic heterocycles. The number of sulfonamides is 1. The number of nitrogens with zero attached hydrogens (tertiary/aromatic N) is 2. The molecule has 4 aromatic carbocycles. The van der Waals surface area contributed by atoms with Crippen LogP contribution in [-0.4, -0.2) is 26.8 Å². The number of anilines is 1. The van der Waals surface area contributed by atoms with E-state index in [4.69, 9.17) is 4.74 Å². The van der Waals surface area contributed by atoms with Crippen molar-refractivity contribution in [1.82, 2.24) is 5.43 Å². The molecule has 0 aliphatic heterocycles. The van der Waals surface area contributed by atoms with E-state index >= 15 is 0 Å². The van der Waals surface area contributed by atoms with Crippen LogP contribution in [0.25, 0.3) is 0 Å². The number of hydrogen-bond acceptors (Lipinski definition) is 5. The first kappa shape index (κ1) is 26.6. The van der Waals surface area contributed by atoms with Crippen molar-refractivity contribution in [2.75, 3.05) is 10.6 Å². The van der Waals surface area contributed by atoms with Gasteiger partial charge in [-0.25, -0.2) is 13.8 Å². The van der Waals surface area contributed by atoms with Crippen molar-refractivity contribution >= 4 is 27.8 Å². The fourth-order valence-electron chi connectivity index (χ4n) is 3.80. The quantitative estimate of drug-likeness (QED) is 0.224. The van der Waals surface area contributed by atoms with E-state index in [0.29, 0.717) is 23.6 Å². The number of hydrazone groups is 1. The van der Waals surface area contributed by atoms with Gasteiger partial charge < -0.3 is 4.74 Å². The SMILES string of the molecule is Cc1ccccc1CN(c1ccc(C(=O)N/N=C\c2ccccc2OCc2ccccc2)cc1)S(C)(=O)=O. The molecule has 1 N–H and O–H groups in total. The maximum atomic E-state index is 12.7. The number of carbonyl (C=O) groups is 1. The average molecular weight is 528 g/mol. The highest BCUT2D eigenvalue weighted by Crippen LogP contribution is 2.23. The second-order valence-electron chi connectivity index (χ2n) is 8.75. The van der Waals surface area contributed by atoms with Crippen molar-refractivity contribution in [3.63, 3.8) is 0 Å². The third kappa shape index (κ3) is 7.08. The maximum absolute atomic E-state index is 12.7. The molecule has 0 fully saturated rings. The van der Waals surface area contributed by atoms with Crippen LogP contribution in [0.3, 0.4) is 0 Å². The van der Waals surface area contributed by atoms with E-state index in [9.17, 15) is 13.2 Å². The topological polar surface area (TPSA) is 88.1 Å². The second-order valence-corrected chi connectivity index (χ2v) is 10.7. The molecule has 0 unspecified atom stereocenters. The third-order valence-corrected chi connectivity index (χ3v) is 7.06. The molecule has 1 amide bonds. The van der Waals surface area contributed by atoms with Crippen LogP contribution in [0.4, 0.5) is 5.69 Å². The Morgan fingerprint density at radius 1 is 0.895 bits per heavy atom. The zero-order chi connectivity index (χ0) is 27.0. The molecule has 0 saturated heterocycles. The van der Waals surface area contributed by atoms with E-state index in [1.54, 1.807) is 24.3 Å². The van der Waals surface area contributed by atoms with Gasteiger partial charge in [-0.3, -0.25) is 9.10 Å². The van der Waals surface area contributed by atoms with Crippen LogP contribution in [0, 0.1) is 6.92 Å². The van der Waals surface area contributed by atoms with Crippen molar-refractivity contribution in [2.45, 2.75) is 20.1 Å². The van der Waals surface area contributed by atoms with E-state index in [1.165, 1.54) is 16.8 Å². The van der Waals surface area contributed by atoms with E-state index in [2.05, 4.69) is 10.5 Å². The van der Waals surface area contributed by atoms with E-state index in [-0.39, 0.29) is 6.54 Å². The molecule has 0 aliphatic carbocycles. The minimum atomic E-state index is -3.54. The first-order valence-electron chi connectivity index (χ1n) is 12.0. The Morgan fingerprint density at radius 2 is 1.55 bits per heavy atom. The molecule has 0 radical (unpaired) electrons.